The lowest BCUT2D eigenvalue weighted by molar-refractivity contribution is -0.123. The number of nitrogens with one attached hydrogen (secondary N) is 1. The monoisotopic (exact) mass is 628 g/mol. The van der Waals surface area contributed by atoms with Crippen molar-refractivity contribution in [3.05, 3.63) is 41.7 Å². The van der Waals surface area contributed by atoms with E-state index < -0.39 is 5.91 Å². The van der Waals surface area contributed by atoms with E-state index in [0.717, 1.165) is 4.47 Å². The first-order valence-corrected chi connectivity index (χ1v) is 10.3. The summed E-state index contributed by atoms with van der Waals surface area (Å²) in [4.78, 5) is 11.9. The Hall–Kier alpha value is -1.30. The van der Waals surface area contributed by atoms with E-state index in [2.05, 4.69) is 74.2 Å². The number of nitrogens with zero attached hydrogens (tertiary/aromatic N) is 1. The lowest BCUT2D eigenvalue weighted by Gasteiger charge is -2.12. The standard InChI is InChI=1S/C16H12Br4N2O5/c1-26-11-4-8(17)3-9(18)16(11)27-6-12(24)22-21-5-7-2-10(23)15(25)14(20)13(7)19/h2-5,23,25H,6H2,1H3,(H,22,24). The van der Waals surface area contributed by atoms with Crippen LogP contribution >= 0.6 is 63.7 Å². The Bertz CT molecular complexity index is 905. The molecule has 0 aliphatic carbocycles. The van der Waals surface area contributed by atoms with Crippen molar-refractivity contribution >= 4 is 75.8 Å². The van der Waals surface area contributed by atoms with Crippen LogP contribution in [-0.2, 0) is 4.79 Å². The highest BCUT2D eigenvalue weighted by Gasteiger charge is 2.14. The number of aromatic hydroxyl groups is 2. The number of carbonyl (C=O) groups is 1. The molecule has 0 spiro atoms. The molecule has 7 nitrogen and oxygen atoms in total. The minimum atomic E-state index is -0.499. The second kappa shape index (κ2) is 9.76. The molecule has 0 fully saturated rings. The number of halogens is 4. The Balaban J connectivity index is 2.01. The van der Waals surface area contributed by atoms with Crippen LogP contribution in [0.3, 0.4) is 0 Å². The van der Waals surface area contributed by atoms with Gasteiger partial charge in [0.2, 0.25) is 0 Å². The maximum absolute atomic E-state index is 11.9. The van der Waals surface area contributed by atoms with Gasteiger partial charge in [0.1, 0.15) is 0 Å². The molecule has 0 bridgehead atoms. The molecule has 0 saturated carbocycles. The van der Waals surface area contributed by atoms with Crippen LogP contribution in [0.1, 0.15) is 5.56 Å². The van der Waals surface area contributed by atoms with E-state index in [1.807, 2.05) is 0 Å². The van der Waals surface area contributed by atoms with E-state index in [4.69, 9.17) is 9.47 Å². The van der Waals surface area contributed by atoms with Gasteiger partial charge in [-0.05, 0) is 66.0 Å². The van der Waals surface area contributed by atoms with E-state index >= 15 is 0 Å². The predicted octanol–water partition coefficient (Wildman–Crippen LogP) is 4.69. The molecule has 0 radical (unpaired) electrons. The van der Waals surface area contributed by atoms with Gasteiger partial charge in [-0.2, -0.15) is 5.10 Å². The van der Waals surface area contributed by atoms with Crippen molar-refractivity contribution in [3.8, 4) is 23.0 Å². The number of benzene rings is 2. The Labute approximate surface area is 188 Å². The van der Waals surface area contributed by atoms with Crippen molar-refractivity contribution in [3.63, 3.8) is 0 Å². The maximum Gasteiger partial charge on any atom is 0.277 e. The molecule has 1 amide bonds. The molecule has 0 aliphatic heterocycles. The summed E-state index contributed by atoms with van der Waals surface area (Å²) in [5.41, 5.74) is 2.75. The molecule has 11 heteroatoms. The van der Waals surface area contributed by atoms with Crippen molar-refractivity contribution in [1.82, 2.24) is 5.43 Å². The third kappa shape index (κ3) is 5.59. The molecule has 0 saturated heterocycles. The predicted molar refractivity (Wildman–Crippen MR) is 115 cm³/mol. The highest BCUT2D eigenvalue weighted by molar-refractivity contribution is 9.13. The van der Waals surface area contributed by atoms with Crippen LogP contribution in [0.5, 0.6) is 23.0 Å². The molecule has 2 rings (SSSR count). The molecule has 3 N–H and O–H groups in total. The number of phenols is 2. The van der Waals surface area contributed by atoms with Crippen LogP contribution in [0.15, 0.2) is 41.2 Å². The minimum Gasteiger partial charge on any atom is -0.504 e. The van der Waals surface area contributed by atoms with E-state index in [0.29, 0.717) is 26.0 Å². The van der Waals surface area contributed by atoms with Crippen LogP contribution in [0.4, 0.5) is 0 Å². The summed E-state index contributed by atoms with van der Waals surface area (Å²) in [6.07, 6.45) is 1.31. The minimum absolute atomic E-state index is 0.269. The number of phenolic OH excluding ortho intramolecular Hbond substituents is 2. The van der Waals surface area contributed by atoms with Gasteiger partial charge in [-0.25, -0.2) is 5.43 Å². The fraction of sp³-hybridized carbons (Fsp3) is 0.125. The average Bonchev–Trinajstić information content (AvgIpc) is 2.62. The van der Waals surface area contributed by atoms with Gasteiger partial charge >= 0.3 is 0 Å². The Morgan fingerprint density at radius 3 is 2.56 bits per heavy atom. The molecule has 27 heavy (non-hydrogen) atoms. The van der Waals surface area contributed by atoms with Crippen LogP contribution in [0.25, 0.3) is 0 Å². The van der Waals surface area contributed by atoms with Crippen molar-refractivity contribution in [1.29, 1.82) is 0 Å². The summed E-state index contributed by atoms with van der Waals surface area (Å²) in [7, 11) is 1.49. The molecule has 2 aromatic rings. The summed E-state index contributed by atoms with van der Waals surface area (Å²) in [5.74, 6) is -0.281. The summed E-state index contributed by atoms with van der Waals surface area (Å²) in [5, 5.41) is 23.0. The molecular formula is C16H12Br4N2O5. The second-order valence-electron chi connectivity index (χ2n) is 4.96. The number of amides is 1. The van der Waals surface area contributed by atoms with E-state index in [-0.39, 0.29) is 22.6 Å². The lowest BCUT2D eigenvalue weighted by atomic mass is 10.2. The highest BCUT2D eigenvalue weighted by Crippen LogP contribution is 2.40. The molecule has 144 valence electrons. The van der Waals surface area contributed by atoms with Crippen molar-refractivity contribution < 1.29 is 24.5 Å². The molecule has 0 heterocycles. The normalized spacial score (nSPS) is 10.9. The van der Waals surface area contributed by atoms with E-state index in [1.165, 1.54) is 19.4 Å². The fourth-order valence-electron chi connectivity index (χ4n) is 1.89. The number of methoxy groups -OCH3 is 1. The van der Waals surface area contributed by atoms with Crippen molar-refractivity contribution in [2.24, 2.45) is 5.10 Å². The Morgan fingerprint density at radius 1 is 1.19 bits per heavy atom. The highest BCUT2D eigenvalue weighted by atomic mass is 79.9. The Kier molecular flexibility index (Phi) is 7.95. The van der Waals surface area contributed by atoms with Crippen LogP contribution in [-0.4, -0.2) is 36.1 Å². The number of hydrogen-bond donors (Lipinski definition) is 3. The summed E-state index contributed by atoms with van der Waals surface area (Å²) < 4.78 is 12.9. The zero-order valence-electron chi connectivity index (χ0n) is 13.6. The first kappa shape index (κ1) is 22.0. The number of hydrazone groups is 1. The Morgan fingerprint density at radius 2 is 1.89 bits per heavy atom. The number of hydrogen-bond acceptors (Lipinski definition) is 6. The molecular weight excluding hydrogens is 620 g/mol. The van der Waals surface area contributed by atoms with Crippen LogP contribution in [0.2, 0.25) is 0 Å². The molecule has 2 aromatic carbocycles. The van der Waals surface area contributed by atoms with Gasteiger partial charge in [0.25, 0.3) is 5.91 Å². The van der Waals surface area contributed by atoms with E-state index in [1.54, 1.807) is 12.1 Å². The topological polar surface area (TPSA) is 100 Å². The second-order valence-corrected chi connectivity index (χ2v) is 8.32. The largest absolute Gasteiger partial charge is 0.504 e. The number of rotatable bonds is 6. The maximum atomic E-state index is 11.9. The molecule has 0 atom stereocenters. The molecule has 0 aliphatic rings. The number of ether oxygens (including phenoxy) is 2. The summed E-state index contributed by atoms with van der Waals surface area (Å²) in [6.45, 7) is -0.292. The SMILES string of the molecule is COc1cc(Br)cc(Br)c1OCC(=O)NN=Cc1cc(O)c(O)c(Br)c1Br. The smallest absolute Gasteiger partial charge is 0.277 e. The fourth-order valence-corrected chi connectivity index (χ4v) is 4.03. The quantitative estimate of drug-likeness (QED) is 0.244. The molecule has 0 aromatic heterocycles. The van der Waals surface area contributed by atoms with Gasteiger partial charge in [-0.15, -0.1) is 0 Å². The third-order valence-electron chi connectivity index (χ3n) is 3.12. The first-order valence-electron chi connectivity index (χ1n) is 7.12. The van der Waals surface area contributed by atoms with E-state index in [9.17, 15) is 15.0 Å². The summed E-state index contributed by atoms with van der Waals surface area (Å²) in [6, 6.07) is 4.77. The average molecular weight is 632 g/mol. The zero-order valence-corrected chi connectivity index (χ0v) is 19.9. The van der Waals surface area contributed by atoms with Crippen molar-refractivity contribution in [2.45, 2.75) is 0 Å². The van der Waals surface area contributed by atoms with Gasteiger partial charge in [-0.1, -0.05) is 15.9 Å². The van der Waals surface area contributed by atoms with Gasteiger partial charge in [-0.3, -0.25) is 4.79 Å². The van der Waals surface area contributed by atoms with Crippen molar-refractivity contribution in [2.75, 3.05) is 13.7 Å². The van der Waals surface area contributed by atoms with Gasteiger partial charge in [0.05, 0.1) is 22.3 Å². The molecule has 0 unspecified atom stereocenters. The van der Waals surface area contributed by atoms with Gasteiger partial charge < -0.3 is 19.7 Å². The number of carbonyl (C=O) groups excluding carboxylic acids is 1. The summed E-state index contributed by atoms with van der Waals surface area (Å²) >= 11 is 13.1. The zero-order chi connectivity index (χ0) is 20.1. The van der Waals surface area contributed by atoms with Gasteiger partial charge in [0.15, 0.2) is 29.6 Å². The van der Waals surface area contributed by atoms with Crippen LogP contribution < -0.4 is 14.9 Å². The lowest BCUT2D eigenvalue weighted by Crippen LogP contribution is -2.24. The third-order valence-corrected chi connectivity index (χ3v) is 6.33. The van der Waals surface area contributed by atoms with Gasteiger partial charge in [0, 0.05) is 14.5 Å². The first-order chi connectivity index (χ1) is 12.7. The van der Waals surface area contributed by atoms with Crippen LogP contribution in [0, 0.1) is 0 Å².